The van der Waals surface area contributed by atoms with E-state index in [0.29, 0.717) is 49.6 Å². The molecule has 0 spiro atoms. The first-order chi connectivity index (χ1) is 13.5. The topological polar surface area (TPSA) is 81.7 Å². The van der Waals surface area contributed by atoms with Crippen LogP contribution in [0.5, 0.6) is 0 Å². The SMILES string of the molecule is O=C(NCc1ccc(Cl)cc1)Nc1ccc(CC(=O)N2CCC(O)CC2)cc1. The first-order valence-electron chi connectivity index (χ1n) is 9.33. The molecule has 0 radical (unpaired) electrons. The highest BCUT2D eigenvalue weighted by Crippen LogP contribution is 2.14. The molecule has 0 unspecified atom stereocenters. The van der Waals surface area contributed by atoms with Crippen LogP contribution in [0.1, 0.15) is 24.0 Å². The number of urea groups is 1. The van der Waals surface area contributed by atoms with Crippen LogP contribution in [0.15, 0.2) is 48.5 Å². The molecule has 1 heterocycles. The minimum absolute atomic E-state index is 0.0633. The highest BCUT2D eigenvalue weighted by atomic mass is 35.5. The molecule has 3 amide bonds. The van der Waals surface area contributed by atoms with Gasteiger partial charge < -0.3 is 20.6 Å². The lowest BCUT2D eigenvalue weighted by atomic mass is 10.1. The maximum atomic E-state index is 12.3. The van der Waals surface area contributed by atoms with Gasteiger partial charge in [-0.2, -0.15) is 0 Å². The van der Waals surface area contributed by atoms with Gasteiger partial charge in [-0.1, -0.05) is 35.9 Å². The van der Waals surface area contributed by atoms with Gasteiger partial charge in [-0.05, 0) is 48.2 Å². The number of carbonyl (C=O) groups is 2. The molecule has 2 aromatic rings. The van der Waals surface area contributed by atoms with Crippen LogP contribution in [0.2, 0.25) is 5.02 Å². The highest BCUT2D eigenvalue weighted by molar-refractivity contribution is 6.30. The summed E-state index contributed by atoms with van der Waals surface area (Å²) in [5.74, 6) is 0.0633. The molecule has 6 nitrogen and oxygen atoms in total. The van der Waals surface area contributed by atoms with E-state index in [1.807, 2.05) is 24.3 Å². The molecule has 0 aromatic heterocycles. The van der Waals surface area contributed by atoms with Gasteiger partial charge in [-0.3, -0.25) is 4.79 Å². The Bertz CT molecular complexity index is 801. The first kappa shape index (κ1) is 20.2. The number of aliphatic hydroxyl groups excluding tert-OH is 1. The van der Waals surface area contributed by atoms with Gasteiger partial charge in [0.1, 0.15) is 0 Å². The first-order valence-corrected chi connectivity index (χ1v) is 9.71. The summed E-state index contributed by atoms with van der Waals surface area (Å²) >= 11 is 5.84. The second-order valence-electron chi connectivity index (χ2n) is 6.92. The molecule has 0 bridgehead atoms. The summed E-state index contributed by atoms with van der Waals surface area (Å²) in [7, 11) is 0. The second-order valence-corrected chi connectivity index (χ2v) is 7.36. The van der Waals surface area contributed by atoms with E-state index in [4.69, 9.17) is 11.6 Å². The van der Waals surface area contributed by atoms with Gasteiger partial charge in [0.2, 0.25) is 5.91 Å². The van der Waals surface area contributed by atoms with Crippen LogP contribution in [-0.4, -0.2) is 41.1 Å². The number of nitrogens with zero attached hydrogens (tertiary/aromatic N) is 1. The number of rotatable bonds is 5. The third-order valence-corrected chi connectivity index (χ3v) is 5.00. The normalized spacial score (nSPS) is 14.6. The van der Waals surface area contributed by atoms with E-state index in [2.05, 4.69) is 10.6 Å². The number of anilines is 1. The third-order valence-electron chi connectivity index (χ3n) is 4.75. The molecule has 1 aliphatic heterocycles. The van der Waals surface area contributed by atoms with Crippen LogP contribution in [0.4, 0.5) is 10.5 Å². The fourth-order valence-electron chi connectivity index (χ4n) is 3.07. The van der Waals surface area contributed by atoms with E-state index in [-0.39, 0.29) is 18.0 Å². The number of piperidine rings is 1. The number of aliphatic hydroxyl groups is 1. The zero-order valence-electron chi connectivity index (χ0n) is 15.5. The molecule has 0 saturated carbocycles. The summed E-state index contributed by atoms with van der Waals surface area (Å²) in [5.41, 5.74) is 2.51. The summed E-state index contributed by atoms with van der Waals surface area (Å²) in [6.07, 6.45) is 1.30. The molecular weight excluding hydrogens is 378 g/mol. The maximum Gasteiger partial charge on any atom is 0.319 e. The quantitative estimate of drug-likeness (QED) is 0.719. The van der Waals surface area contributed by atoms with Gasteiger partial charge in [-0.15, -0.1) is 0 Å². The maximum absolute atomic E-state index is 12.3. The molecule has 1 aliphatic rings. The Hall–Kier alpha value is -2.57. The van der Waals surface area contributed by atoms with Crippen molar-refractivity contribution in [2.45, 2.75) is 31.9 Å². The summed E-state index contributed by atoms with van der Waals surface area (Å²) in [4.78, 5) is 26.1. The van der Waals surface area contributed by atoms with Gasteiger partial charge >= 0.3 is 6.03 Å². The summed E-state index contributed by atoms with van der Waals surface area (Å²) < 4.78 is 0. The Morgan fingerprint density at radius 2 is 1.61 bits per heavy atom. The van der Waals surface area contributed by atoms with Crippen molar-refractivity contribution in [3.63, 3.8) is 0 Å². The number of benzene rings is 2. The number of hydrogen-bond donors (Lipinski definition) is 3. The van der Waals surface area contributed by atoms with Crippen molar-refractivity contribution in [1.82, 2.24) is 10.2 Å². The van der Waals surface area contributed by atoms with E-state index in [0.717, 1.165) is 11.1 Å². The fourth-order valence-corrected chi connectivity index (χ4v) is 3.19. The van der Waals surface area contributed by atoms with Crippen molar-refractivity contribution in [3.8, 4) is 0 Å². The largest absolute Gasteiger partial charge is 0.393 e. The monoisotopic (exact) mass is 401 g/mol. The average Bonchev–Trinajstić information content (AvgIpc) is 2.69. The smallest absolute Gasteiger partial charge is 0.319 e. The van der Waals surface area contributed by atoms with Crippen molar-refractivity contribution in [1.29, 1.82) is 0 Å². The Kier molecular flexibility index (Phi) is 6.90. The van der Waals surface area contributed by atoms with Crippen LogP contribution < -0.4 is 10.6 Å². The van der Waals surface area contributed by atoms with E-state index >= 15 is 0 Å². The zero-order chi connectivity index (χ0) is 19.9. The predicted octanol–water partition coefficient (Wildman–Crippen LogP) is 3.19. The molecular formula is C21H24ClN3O3. The Morgan fingerprint density at radius 3 is 2.25 bits per heavy atom. The van der Waals surface area contributed by atoms with Gasteiger partial charge in [0.05, 0.1) is 12.5 Å². The van der Waals surface area contributed by atoms with Crippen molar-refractivity contribution >= 4 is 29.2 Å². The number of amides is 3. The molecule has 148 valence electrons. The minimum atomic E-state index is -0.300. The Balaban J connectivity index is 1.45. The minimum Gasteiger partial charge on any atom is -0.393 e. The van der Waals surface area contributed by atoms with Crippen LogP contribution in [0.3, 0.4) is 0 Å². The van der Waals surface area contributed by atoms with Gasteiger partial charge in [0, 0.05) is 30.3 Å². The predicted molar refractivity (Wildman–Crippen MR) is 109 cm³/mol. The number of nitrogens with one attached hydrogen (secondary N) is 2. The average molecular weight is 402 g/mol. The molecule has 1 saturated heterocycles. The summed E-state index contributed by atoms with van der Waals surface area (Å²) in [6.45, 7) is 1.61. The van der Waals surface area contributed by atoms with Crippen LogP contribution in [-0.2, 0) is 17.8 Å². The van der Waals surface area contributed by atoms with E-state index in [9.17, 15) is 14.7 Å². The second kappa shape index (κ2) is 9.57. The molecule has 3 N–H and O–H groups in total. The fraction of sp³-hybridized carbons (Fsp3) is 0.333. The highest BCUT2D eigenvalue weighted by Gasteiger charge is 2.21. The Morgan fingerprint density at radius 1 is 1.00 bits per heavy atom. The summed E-state index contributed by atoms with van der Waals surface area (Å²) in [6, 6.07) is 14.2. The van der Waals surface area contributed by atoms with E-state index in [1.54, 1.807) is 29.2 Å². The van der Waals surface area contributed by atoms with Gasteiger partial charge in [-0.25, -0.2) is 4.79 Å². The lowest BCUT2D eigenvalue weighted by molar-refractivity contribution is -0.132. The third kappa shape index (κ3) is 5.97. The molecule has 28 heavy (non-hydrogen) atoms. The van der Waals surface area contributed by atoms with Crippen LogP contribution in [0, 0.1) is 0 Å². The zero-order valence-corrected chi connectivity index (χ0v) is 16.3. The van der Waals surface area contributed by atoms with Gasteiger partial charge in [0.25, 0.3) is 0 Å². The number of carbonyl (C=O) groups excluding carboxylic acids is 2. The van der Waals surface area contributed by atoms with Crippen molar-refractivity contribution in [2.24, 2.45) is 0 Å². The molecule has 1 fully saturated rings. The molecule has 3 rings (SSSR count). The van der Waals surface area contributed by atoms with E-state index < -0.39 is 0 Å². The number of hydrogen-bond acceptors (Lipinski definition) is 3. The molecule has 2 aromatic carbocycles. The number of halogens is 1. The lowest BCUT2D eigenvalue weighted by Crippen LogP contribution is -2.40. The standard InChI is InChI=1S/C21H24ClN3O3/c22-17-5-1-16(2-6-17)14-23-21(28)24-18-7-3-15(4-8-18)13-20(27)25-11-9-19(26)10-12-25/h1-8,19,26H,9-14H2,(H2,23,24,28). The molecule has 0 atom stereocenters. The summed E-state index contributed by atoms with van der Waals surface area (Å²) in [5, 5.41) is 15.7. The van der Waals surface area contributed by atoms with Crippen molar-refractivity contribution < 1.29 is 14.7 Å². The lowest BCUT2D eigenvalue weighted by Gasteiger charge is -2.29. The Labute approximate surface area is 169 Å². The van der Waals surface area contributed by atoms with Gasteiger partial charge in [0.15, 0.2) is 0 Å². The molecule has 0 aliphatic carbocycles. The van der Waals surface area contributed by atoms with Crippen molar-refractivity contribution in [2.75, 3.05) is 18.4 Å². The van der Waals surface area contributed by atoms with Crippen LogP contribution in [0.25, 0.3) is 0 Å². The van der Waals surface area contributed by atoms with Crippen LogP contribution >= 0.6 is 11.6 Å². The van der Waals surface area contributed by atoms with E-state index in [1.165, 1.54) is 0 Å². The molecule has 7 heteroatoms. The van der Waals surface area contributed by atoms with Crippen molar-refractivity contribution in [3.05, 3.63) is 64.7 Å². The number of likely N-dealkylation sites (tertiary alicyclic amines) is 1.